The molecule has 0 radical (unpaired) electrons. The number of hydrogen-bond acceptors (Lipinski definition) is 5. The minimum absolute atomic E-state index is 0.360. The van der Waals surface area contributed by atoms with E-state index in [0.29, 0.717) is 30.6 Å². The van der Waals surface area contributed by atoms with Crippen LogP contribution in [0.3, 0.4) is 0 Å². The Balaban J connectivity index is 2.00. The first-order valence-corrected chi connectivity index (χ1v) is 6.49. The molecule has 1 heterocycles. The van der Waals surface area contributed by atoms with Gasteiger partial charge in [0, 0.05) is 24.9 Å². The number of rotatable bonds is 5. The third kappa shape index (κ3) is 3.32. The van der Waals surface area contributed by atoms with Gasteiger partial charge in [-0.1, -0.05) is 0 Å². The van der Waals surface area contributed by atoms with Crippen LogP contribution in [0.15, 0.2) is 6.07 Å². The van der Waals surface area contributed by atoms with Gasteiger partial charge in [0.05, 0.1) is 12.7 Å². The zero-order chi connectivity index (χ0) is 13.0. The molecule has 2 rings (SSSR count). The maximum Gasteiger partial charge on any atom is 0.226 e. The molecule has 5 heteroatoms. The zero-order valence-corrected chi connectivity index (χ0v) is 11.3. The molecule has 0 spiro atoms. The van der Waals surface area contributed by atoms with Crippen molar-refractivity contribution in [3.63, 3.8) is 0 Å². The standard InChI is InChI=1S/C13H21N3O2/c1-4-18-12-7-9(2)14-13(16-12)15-10-5-6-11(8-10)17-3/h7,10-11H,4-6,8H2,1-3H3,(H,14,15,16). The average molecular weight is 251 g/mol. The van der Waals surface area contributed by atoms with Gasteiger partial charge in [-0.05, 0) is 33.1 Å². The highest BCUT2D eigenvalue weighted by atomic mass is 16.5. The van der Waals surface area contributed by atoms with E-state index in [-0.39, 0.29) is 0 Å². The average Bonchev–Trinajstić information content (AvgIpc) is 2.76. The molecule has 100 valence electrons. The fraction of sp³-hybridized carbons (Fsp3) is 0.692. The van der Waals surface area contributed by atoms with Crippen LogP contribution in [0.1, 0.15) is 31.9 Å². The molecule has 1 aliphatic rings. The fourth-order valence-electron chi connectivity index (χ4n) is 2.29. The second-order valence-electron chi connectivity index (χ2n) is 4.62. The highest BCUT2D eigenvalue weighted by molar-refractivity contribution is 5.32. The lowest BCUT2D eigenvalue weighted by molar-refractivity contribution is 0.108. The molecule has 0 saturated heterocycles. The van der Waals surface area contributed by atoms with Gasteiger partial charge in [0.2, 0.25) is 11.8 Å². The molecule has 18 heavy (non-hydrogen) atoms. The number of anilines is 1. The summed E-state index contributed by atoms with van der Waals surface area (Å²) < 4.78 is 10.8. The van der Waals surface area contributed by atoms with Crippen molar-refractivity contribution in [1.29, 1.82) is 0 Å². The van der Waals surface area contributed by atoms with Gasteiger partial charge in [-0.25, -0.2) is 4.98 Å². The third-order valence-corrected chi connectivity index (χ3v) is 3.17. The van der Waals surface area contributed by atoms with Crippen molar-refractivity contribution >= 4 is 5.95 Å². The number of aryl methyl sites for hydroxylation is 1. The highest BCUT2D eigenvalue weighted by Gasteiger charge is 2.24. The molecule has 1 fully saturated rings. The topological polar surface area (TPSA) is 56.3 Å². The van der Waals surface area contributed by atoms with Gasteiger partial charge in [0.1, 0.15) is 0 Å². The Morgan fingerprint density at radius 3 is 2.89 bits per heavy atom. The Labute approximate surface area is 108 Å². The predicted molar refractivity (Wildman–Crippen MR) is 70.0 cm³/mol. The van der Waals surface area contributed by atoms with Gasteiger partial charge in [0.15, 0.2) is 0 Å². The summed E-state index contributed by atoms with van der Waals surface area (Å²) in [6.45, 7) is 4.51. The maximum atomic E-state index is 5.42. The zero-order valence-electron chi connectivity index (χ0n) is 11.3. The minimum Gasteiger partial charge on any atom is -0.478 e. The van der Waals surface area contributed by atoms with Crippen LogP contribution in [0.5, 0.6) is 5.88 Å². The molecule has 1 saturated carbocycles. The molecule has 0 bridgehead atoms. The van der Waals surface area contributed by atoms with Gasteiger partial charge in [-0.3, -0.25) is 0 Å². The molecular weight excluding hydrogens is 230 g/mol. The highest BCUT2D eigenvalue weighted by Crippen LogP contribution is 2.24. The number of ether oxygens (including phenoxy) is 2. The van der Waals surface area contributed by atoms with E-state index >= 15 is 0 Å². The van der Waals surface area contributed by atoms with Crippen molar-refractivity contribution in [1.82, 2.24) is 9.97 Å². The van der Waals surface area contributed by atoms with Crippen LogP contribution >= 0.6 is 0 Å². The molecule has 0 aliphatic heterocycles. The van der Waals surface area contributed by atoms with Crippen LogP contribution < -0.4 is 10.1 Å². The maximum absolute atomic E-state index is 5.42. The van der Waals surface area contributed by atoms with Crippen molar-refractivity contribution < 1.29 is 9.47 Å². The molecular formula is C13H21N3O2. The summed E-state index contributed by atoms with van der Waals surface area (Å²) in [6, 6.07) is 2.24. The number of nitrogens with one attached hydrogen (secondary N) is 1. The fourth-order valence-corrected chi connectivity index (χ4v) is 2.29. The smallest absolute Gasteiger partial charge is 0.226 e. The van der Waals surface area contributed by atoms with E-state index in [1.54, 1.807) is 7.11 Å². The van der Waals surface area contributed by atoms with Crippen molar-refractivity contribution in [2.75, 3.05) is 19.0 Å². The lowest BCUT2D eigenvalue weighted by atomic mass is 10.2. The Kier molecular flexibility index (Phi) is 4.36. The van der Waals surface area contributed by atoms with Gasteiger partial charge in [0.25, 0.3) is 0 Å². The van der Waals surface area contributed by atoms with Gasteiger partial charge >= 0.3 is 0 Å². The first-order chi connectivity index (χ1) is 8.71. The molecule has 1 aromatic heterocycles. The molecule has 2 atom stereocenters. The first-order valence-electron chi connectivity index (χ1n) is 6.49. The molecule has 1 aromatic rings. The van der Waals surface area contributed by atoms with Crippen LogP contribution in [0.4, 0.5) is 5.95 Å². The minimum atomic E-state index is 0.360. The normalized spacial score (nSPS) is 23.1. The van der Waals surface area contributed by atoms with Crippen LogP contribution in [0, 0.1) is 6.92 Å². The molecule has 1 aliphatic carbocycles. The van der Waals surface area contributed by atoms with E-state index in [1.165, 1.54) is 0 Å². The van der Waals surface area contributed by atoms with Crippen molar-refractivity contribution in [2.45, 2.75) is 45.3 Å². The van der Waals surface area contributed by atoms with Crippen LogP contribution in [0.25, 0.3) is 0 Å². The molecule has 0 amide bonds. The Bertz CT molecular complexity index is 398. The number of nitrogens with zero attached hydrogens (tertiary/aromatic N) is 2. The predicted octanol–water partition coefficient (Wildman–Crippen LogP) is 2.16. The summed E-state index contributed by atoms with van der Waals surface area (Å²) in [5.74, 6) is 1.29. The Hall–Kier alpha value is -1.36. The third-order valence-electron chi connectivity index (χ3n) is 3.17. The van der Waals surface area contributed by atoms with Gasteiger partial charge < -0.3 is 14.8 Å². The SMILES string of the molecule is CCOc1cc(C)nc(NC2CCC(OC)C2)n1. The summed E-state index contributed by atoms with van der Waals surface area (Å²) in [4.78, 5) is 8.74. The van der Waals surface area contributed by atoms with Crippen LogP contribution in [0.2, 0.25) is 0 Å². The van der Waals surface area contributed by atoms with E-state index in [2.05, 4.69) is 15.3 Å². The number of aromatic nitrogens is 2. The second-order valence-corrected chi connectivity index (χ2v) is 4.62. The number of hydrogen-bond donors (Lipinski definition) is 1. The van der Waals surface area contributed by atoms with E-state index in [1.807, 2.05) is 19.9 Å². The van der Waals surface area contributed by atoms with Crippen molar-refractivity contribution in [3.8, 4) is 5.88 Å². The second kappa shape index (κ2) is 6.00. The molecule has 5 nitrogen and oxygen atoms in total. The summed E-state index contributed by atoms with van der Waals surface area (Å²) in [6.07, 6.45) is 3.56. The molecule has 0 aromatic carbocycles. The monoisotopic (exact) mass is 251 g/mol. The molecule has 1 N–H and O–H groups in total. The quantitative estimate of drug-likeness (QED) is 0.869. The summed E-state index contributed by atoms with van der Waals surface area (Å²) in [5, 5.41) is 3.36. The summed E-state index contributed by atoms with van der Waals surface area (Å²) >= 11 is 0. The Morgan fingerprint density at radius 2 is 2.22 bits per heavy atom. The molecule has 2 unspecified atom stereocenters. The van der Waals surface area contributed by atoms with Gasteiger partial charge in [-0.15, -0.1) is 0 Å². The van der Waals surface area contributed by atoms with Crippen molar-refractivity contribution in [2.24, 2.45) is 0 Å². The summed E-state index contributed by atoms with van der Waals surface area (Å²) in [5.41, 5.74) is 0.914. The lowest BCUT2D eigenvalue weighted by Crippen LogP contribution is -2.19. The van der Waals surface area contributed by atoms with E-state index in [9.17, 15) is 0 Å². The summed E-state index contributed by atoms with van der Waals surface area (Å²) in [7, 11) is 1.77. The Morgan fingerprint density at radius 1 is 1.39 bits per heavy atom. The van der Waals surface area contributed by atoms with Crippen LogP contribution in [-0.4, -0.2) is 35.8 Å². The number of methoxy groups -OCH3 is 1. The van der Waals surface area contributed by atoms with Crippen LogP contribution in [-0.2, 0) is 4.74 Å². The van der Waals surface area contributed by atoms with Crippen molar-refractivity contribution in [3.05, 3.63) is 11.8 Å². The first kappa shape index (κ1) is 13.1. The van der Waals surface area contributed by atoms with E-state index in [0.717, 1.165) is 25.0 Å². The van der Waals surface area contributed by atoms with E-state index < -0.39 is 0 Å². The lowest BCUT2D eigenvalue weighted by Gasteiger charge is -2.14. The van der Waals surface area contributed by atoms with E-state index in [4.69, 9.17) is 9.47 Å². The van der Waals surface area contributed by atoms with Gasteiger partial charge in [-0.2, -0.15) is 4.98 Å². The largest absolute Gasteiger partial charge is 0.478 e.